The number of hydrazine groups is 1. The van der Waals surface area contributed by atoms with Crippen molar-refractivity contribution in [3.05, 3.63) is 85.9 Å². The van der Waals surface area contributed by atoms with Crippen LogP contribution in [0.2, 0.25) is 10.0 Å². The molecule has 1 saturated heterocycles. The van der Waals surface area contributed by atoms with E-state index in [1.165, 1.54) is 30.3 Å². The molecule has 2 aromatic rings. The van der Waals surface area contributed by atoms with Crippen molar-refractivity contribution >= 4 is 46.6 Å². The third-order valence-electron chi connectivity index (χ3n) is 5.62. The zero-order valence-corrected chi connectivity index (χ0v) is 18.1. The lowest BCUT2D eigenvalue weighted by Gasteiger charge is -2.31. The van der Waals surface area contributed by atoms with Crippen LogP contribution in [0.25, 0.3) is 0 Å². The lowest BCUT2D eigenvalue weighted by atomic mass is 9.85. The molecule has 10 heteroatoms. The fraction of sp³-hybridized carbons (Fsp3) is 0.227. The van der Waals surface area contributed by atoms with Crippen LogP contribution in [0.15, 0.2) is 54.6 Å². The van der Waals surface area contributed by atoms with Crippen molar-refractivity contribution in [1.29, 1.82) is 0 Å². The monoisotopic (exact) mass is 473 g/mol. The van der Waals surface area contributed by atoms with Crippen molar-refractivity contribution < 1.29 is 19.3 Å². The summed E-state index contributed by atoms with van der Waals surface area (Å²) in [6, 6.07) is 9.67. The molecule has 32 heavy (non-hydrogen) atoms. The molecule has 0 saturated carbocycles. The average molecular weight is 474 g/mol. The van der Waals surface area contributed by atoms with Crippen molar-refractivity contribution in [2.45, 2.75) is 19.4 Å². The first kappa shape index (κ1) is 22.0. The predicted molar refractivity (Wildman–Crippen MR) is 117 cm³/mol. The van der Waals surface area contributed by atoms with Gasteiger partial charge in [0.1, 0.15) is 0 Å². The topological polar surface area (TPSA) is 101 Å². The summed E-state index contributed by atoms with van der Waals surface area (Å²) in [5.74, 6) is -2.62. The molecule has 2 atom stereocenters. The molecule has 4 rings (SSSR count). The SMILES string of the molecule is O=C(c1ccc([N+](=O)[O-])cc1)N(Cc1ccc(Cl)cc1Cl)N1C(=O)[C@H]2CC=CC[C@H]2C1=O. The maximum absolute atomic E-state index is 13.4. The van der Waals surface area contributed by atoms with Gasteiger partial charge in [-0.1, -0.05) is 41.4 Å². The number of carbonyl (C=O) groups excluding carboxylic acids is 3. The first-order valence-electron chi connectivity index (χ1n) is 9.81. The summed E-state index contributed by atoms with van der Waals surface area (Å²) in [5.41, 5.74) is 0.397. The minimum absolute atomic E-state index is 0.0919. The number of nitro groups is 1. The van der Waals surface area contributed by atoms with E-state index in [1.807, 2.05) is 12.2 Å². The van der Waals surface area contributed by atoms with Crippen LogP contribution in [0.1, 0.15) is 28.8 Å². The number of non-ortho nitro benzene ring substituents is 1. The molecule has 1 aliphatic heterocycles. The quantitative estimate of drug-likeness (QED) is 0.277. The van der Waals surface area contributed by atoms with Crippen LogP contribution < -0.4 is 0 Å². The maximum atomic E-state index is 13.4. The van der Waals surface area contributed by atoms with Gasteiger partial charge in [0.2, 0.25) is 0 Å². The van der Waals surface area contributed by atoms with Crippen molar-refractivity contribution in [3.8, 4) is 0 Å². The molecule has 1 fully saturated rings. The Morgan fingerprint density at radius 2 is 1.62 bits per heavy atom. The van der Waals surface area contributed by atoms with E-state index < -0.39 is 34.5 Å². The van der Waals surface area contributed by atoms with E-state index in [0.29, 0.717) is 23.4 Å². The number of hydrogen-bond donors (Lipinski definition) is 0. The van der Waals surface area contributed by atoms with Gasteiger partial charge in [-0.3, -0.25) is 24.5 Å². The second-order valence-corrected chi connectivity index (χ2v) is 8.39. The molecule has 0 aromatic heterocycles. The molecule has 2 aliphatic rings. The number of halogens is 2. The van der Waals surface area contributed by atoms with Crippen LogP contribution in [-0.2, 0) is 16.1 Å². The Morgan fingerprint density at radius 1 is 1.03 bits per heavy atom. The van der Waals surface area contributed by atoms with Gasteiger partial charge in [0.15, 0.2) is 0 Å². The normalized spacial score (nSPS) is 19.8. The molecule has 0 N–H and O–H groups in total. The number of carbonyl (C=O) groups is 3. The lowest BCUT2D eigenvalue weighted by molar-refractivity contribution is -0.384. The van der Waals surface area contributed by atoms with Gasteiger partial charge in [-0.15, -0.1) is 0 Å². The van der Waals surface area contributed by atoms with E-state index in [1.54, 1.807) is 12.1 Å². The van der Waals surface area contributed by atoms with Crippen molar-refractivity contribution in [1.82, 2.24) is 10.0 Å². The molecule has 0 unspecified atom stereocenters. The summed E-state index contributed by atoms with van der Waals surface area (Å²) >= 11 is 12.2. The first-order valence-corrected chi connectivity index (χ1v) is 10.6. The molecule has 0 bridgehead atoms. The largest absolute Gasteiger partial charge is 0.273 e. The number of nitrogens with zero attached hydrogens (tertiary/aromatic N) is 3. The Hall–Kier alpha value is -3.23. The summed E-state index contributed by atoms with van der Waals surface area (Å²) in [6.07, 6.45) is 4.56. The van der Waals surface area contributed by atoms with E-state index in [-0.39, 0.29) is 22.8 Å². The maximum Gasteiger partial charge on any atom is 0.273 e. The highest BCUT2D eigenvalue weighted by Gasteiger charge is 2.50. The highest BCUT2D eigenvalue weighted by atomic mass is 35.5. The molecule has 1 heterocycles. The summed E-state index contributed by atoms with van der Waals surface area (Å²) in [6.45, 7) is -0.157. The number of benzene rings is 2. The van der Waals surface area contributed by atoms with Crippen molar-refractivity contribution in [2.24, 2.45) is 11.8 Å². The van der Waals surface area contributed by atoms with Gasteiger partial charge in [0.05, 0.1) is 23.3 Å². The summed E-state index contributed by atoms with van der Waals surface area (Å²) in [5, 5.41) is 13.6. The average Bonchev–Trinajstić information content (AvgIpc) is 3.03. The van der Waals surface area contributed by atoms with Crippen LogP contribution in [0.3, 0.4) is 0 Å². The summed E-state index contributed by atoms with van der Waals surface area (Å²) in [4.78, 5) is 50.0. The summed E-state index contributed by atoms with van der Waals surface area (Å²) in [7, 11) is 0. The molecule has 2 aromatic carbocycles. The molecule has 0 radical (unpaired) electrons. The van der Waals surface area contributed by atoms with Gasteiger partial charge in [-0.05, 0) is 42.7 Å². The minimum Gasteiger partial charge on any atom is -0.272 e. The molecule has 0 spiro atoms. The first-order chi connectivity index (χ1) is 15.3. The standard InChI is InChI=1S/C22H17Cl2N3O5/c23-15-8-5-14(19(24)11-15)12-25(20(28)13-6-9-16(10-7-13)27(31)32)26-21(29)17-3-1-2-4-18(17)22(26)30/h1-2,5-11,17-18H,3-4,12H2/t17-,18+. The van der Waals surface area contributed by atoms with E-state index in [4.69, 9.17) is 23.2 Å². The number of amides is 3. The number of nitro benzene ring substituents is 1. The van der Waals surface area contributed by atoms with Crippen LogP contribution in [-0.4, -0.2) is 32.7 Å². The Balaban J connectivity index is 1.72. The molecular formula is C22H17Cl2N3O5. The second kappa shape index (κ2) is 8.72. The number of imide groups is 1. The van der Waals surface area contributed by atoms with E-state index in [0.717, 1.165) is 10.0 Å². The number of allylic oxidation sites excluding steroid dienone is 2. The fourth-order valence-corrected chi connectivity index (χ4v) is 4.41. The molecule has 1 aliphatic carbocycles. The Labute approximate surface area is 193 Å². The Kier molecular flexibility index (Phi) is 5.99. The molecular weight excluding hydrogens is 457 g/mol. The molecule has 164 valence electrons. The highest BCUT2D eigenvalue weighted by molar-refractivity contribution is 6.35. The van der Waals surface area contributed by atoms with Crippen molar-refractivity contribution in [2.75, 3.05) is 0 Å². The van der Waals surface area contributed by atoms with E-state index in [9.17, 15) is 24.5 Å². The second-order valence-electron chi connectivity index (χ2n) is 7.55. The van der Waals surface area contributed by atoms with Gasteiger partial charge in [0.25, 0.3) is 23.4 Å². The number of hydrogen-bond acceptors (Lipinski definition) is 5. The van der Waals surface area contributed by atoms with Crippen LogP contribution in [0.5, 0.6) is 0 Å². The minimum atomic E-state index is -0.653. The third kappa shape index (κ3) is 3.99. The summed E-state index contributed by atoms with van der Waals surface area (Å²) < 4.78 is 0. The van der Waals surface area contributed by atoms with Crippen LogP contribution >= 0.6 is 23.2 Å². The van der Waals surface area contributed by atoms with Gasteiger partial charge in [-0.25, -0.2) is 5.01 Å². The van der Waals surface area contributed by atoms with E-state index in [2.05, 4.69) is 0 Å². The highest BCUT2D eigenvalue weighted by Crippen LogP contribution is 2.37. The zero-order valence-electron chi connectivity index (χ0n) is 16.6. The number of rotatable bonds is 5. The van der Waals surface area contributed by atoms with Gasteiger partial charge in [0, 0.05) is 27.7 Å². The van der Waals surface area contributed by atoms with Crippen LogP contribution in [0.4, 0.5) is 5.69 Å². The Bertz CT molecular complexity index is 1120. The number of fused-ring (bicyclic) bond motifs is 1. The molecule has 8 nitrogen and oxygen atoms in total. The fourth-order valence-electron chi connectivity index (χ4n) is 3.94. The van der Waals surface area contributed by atoms with Crippen LogP contribution in [0, 0.1) is 22.0 Å². The van der Waals surface area contributed by atoms with Crippen molar-refractivity contribution in [3.63, 3.8) is 0 Å². The Morgan fingerprint density at radius 3 is 2.16 bits per heavy atom. The smallest absolute Gasteiger partial charge is 0.272 e. The zero-order chi connectivity index (χ0) is 23.0. The van der Waals surface area contributed by atoms with Gasteiger partial charge < -0.3 is 0 Å². The van der Waals surface area contributed by atoms with Gasteiger partial charge in [-0.2, -0.15) is 5.01 Å². The van der Waals surface area contributed by atoms with Gasteiger partial charge >= 0.3 is 0 Å². The lowest BCUT2D eigenvalue weighted by Crippen LogP contribution is -2.49. The molecule has 3 amide bonds. The third-order valence-corrected chi connectivity index (χ3v) is 6.21. The van der Waals surface area contributed by atoms with E-state index >= 15 is 0 Å². The predicted octanol–water partition coefficient (Wildman–Crippen LogP) is 4.41.